The molecule has 0 bridgehead atoms. The lowest BCUT2D eigenvalue weighted by Gasteiger charge is -2.13. The Morgan fingerprint density at radius 3 is 0.940 bits per heavy atom. The van der Waals surface area contributed by atoms with Gasteiger partial charge in [0, 0.05) is 76.4 Å². The average molecular weight is 721 g/mol. The Balaban J connectivity index is 3.94. The predicted octanol–water partition coefficient (Wildman–Crippen LogP) is -0.838. The lowest BCUT2D eigenvalue weighted by atomic mass is 10.5. The van der Waals surface area contributed by atoms with Crippen LogP contribution in [-0.2, 0) is 66.5 Å². The molecular weight excluding hydrogens is 668 g/mol. The van der Waals surface area contributed by atoms with Gasteiger partial charge in [-0.1, -0.05) is 0 Å². The summed E-state index contributed by atoms with van der Waals surface area (Å²) in [5, 5.41) is 18.4. The highest BCUT2D eigenvalue weighted by Gasteiger charge is 2.04. The first-order valence-corrected chi connectivity index (χ1v) is 15.8. The Bertz CT molecular complexity index is 1000. The SMILES string of the molecule is COCCOCCOC(=O)/C=C/N(/C=C/C(=O)OCCOCCOCCOCCOC(=O)/C=C/N(/C=C/C(=O)OCCOC)CCO)CCO. The molecule has 0 aromatic carbocycles. The van der Waals surface area contributed by atoms with Crippen LogP contribution in [0.4, 0.5) is 0 Å². The van der Waals surface area contributed by atoms with E-state index < -0.39 is 23.9 Å². The molecule has 0 unspecified atom stereocenters. The zero-order valence-corrected chi connectivity index (χ0v) is 28.9. The summed E-state index contributed by atoms with van der Waals surface area (Å²) in [5.74, 6) is -2.46. The maximum Gasteiger partial charge on any atom is 0.332 e. The van der Waals surface area contributed by atoms with E-state index in [4.69, 9.17) is 52.5 Å². The molecule has 18 nitrogen and oxygen atoms in total. The van der Waals surface area contributed by atoms with E-state index in [1.807, 2.05) is 0 Å². The molecule has 0 aromatic heterocycles. The molecule has 50 heavy (non-hydrogen) atoms. The van der Waals surface area contributed by atoms with Gasteiger partial charge in [0.05, 0.1) is 79.3 Å². The molecule has 0 amide bonds. The molecule has 0 saturated carbocycles. The summed E-state index contributed by atoms with van der Waals surface area (Å²) in [6, 6.07) is 0. The average Bonchev–Trinajstić information content (AvgIpc) is 3.10. The number of hydrogen-bond acceptors (Lipinski definition) is 18. The smallest absolute Gasteiger partial charge is 0.332 e. The third kappa shape index (κ3) is 31.4. The van der Waals surface area contributed by atoms with Crippen LogP contribution in [0, 0.1) is 0 Å². The topological polar surface area (TPSA) is 208 Å². The minimum atomic E-state index is -0.634. The van der Waals surface area contributed by atoms with Crippen molar-refractivity contribution >= 4 is 23.9 Å². The highest BCUT2D eigenvalue weighted by molar-refractivity contribution is 5.83. The van der Waals surface area contributed by atoms with Gasteiger partial charge in [-0.25, -0.2) is 19.2 Å². The van der Waals surface area contributed by atoms with Crippen LogP contribution in [0.5, 0.6) is 0 Å². The summed E-state index contributed by atoms with van der Waals surface area (Å²) in [6.07, 6.45) is 10.1. The van der Waals surface area contributed by atoms with Crippen molar-refractivity contribution in [2.75, 3.05) is 133 Å². The Morgan fingerprint density at radius 2 is 0.660 bits per heavy atom. The summed E-state index contributed by atoms with van der Waals surface area (Å²) < 4.78 is 50.8. The molecule has 0 aliphatic rings. The van der Waals surface area contributed by atoms with E-state index in [0.717, 1.165) is 24.3 Å². The zero-order chi connectivity index (χ0) is 36.9. The maximum atomic E-state index is 11.9. The van der Waals surface area contributed by atoms with Gasteiger partial charge in [0.25, 0.3) is 0 Å². The molecule has 0 aliphatic heterocycles. The molecule has 0 spiro atoms. The second kappa shape index (κ2) is 35.0. The van der Waals surface area contributed by atoms with Gasteiger partial charge in [-0.2, -0.15) is 0 Å². The molecule has 0 aromatic rings. The summed E-state index contributed by atoms with van der Waals surface area (Å²) in [6.45, 7) is 2.80. The second-order valence-electron chi connectivity index (χ2n) is 9.29. The number of aliphatic hydroxyl groups excluding tert-OH is 2. The van der Waals surface area contributed by atoms with Crippen LogP contribution in [0.3, 0.4) is 0 Å². The summed E-state index contributed by atoms with van der Waals surface area (Å²) in [7, 11) is 3.04. The number of carbonyl (C=O) groups is 4. The molecule has 286 valence electrons. The first kappa shape index (κ1) is 46.1. The second-order valence-corrected chi connectivity index (χ2v) is 9.29. The van der Waals surface area contributed by atoms with Crippen molar-refractivity contribution in [3.05, 3.63) is 49.1 Å². The van der Waals surface area contributed by atoms with Gasteiger partial charge >= 0.3 is 23.9 Å². The van der Waals surface area contributed by atoms with Gasteiger partial charge in [-0.3, -0.25) is 0 Å². The monoisotopic (exact) mass is 720 g/mol. The van der Waals surface area contributed by atoms with E-state index >= 15 is 0 Å². The van der Waals surface area contributed by atoms with Crippen LogP contribution < -0.4 is 0 Å². The van der Waals surface area contributed by atoms with Gasteiger partial charge in [-0.15, -0.1) is 0 Å². The minimum absolute atomic E-state index is 0.00885. The van der Waals surface area contributed by atoms with Gasteiger partial charge in [0.2, 0.25) is 0 Å². The predicted molar refractivity (Wildman–Crippen MR) is 175 cm³/mol. The molecular formula is C32H52N2O16. The first-order chi connectivity index (χ1) is 24.4. The molecule has 0 radical (unpaired) electrons. The number of hydrogen-bond donors (Lipinski definition) is 2. The molecule has 0 rings (SSSR count). The number of esters is 4. The minimum Gasteiger partial charge on any atom is -0.460 e. The van der Waals surface area contributed by atoms with E-state index in [2.05, 4.69) is 0 Å². The molecule has 0 saturated heterocycles. The highest BCUT2D eigenvalue weighted by atomic mass is 16.6. The number of carbonyl (C=O) groups excluding carboxylic acids is 4. The largest absolute Gasteiger partial charge is 0.460 e. The van der Waals surface area contributed by atoms with Crippen molar-refractivity contribution in [1.29, 1.82) is 0 Å². The molecule has 0 fully saturated rings. The molecule has 2 N–H and O–H groups in total. The van der Waals surface area contributed by atoms with Crippen molar-refractivity contribution < 1.29 is 76.8 Å². The first-order valence-electron chi connectivity index (χ1n) is 15.8. The van der Waals surface area contributed by atoms with Crippen LogP contribution in [0.25, 0.3) is 0 Å². The summed E-state index contributed by atoms with van der Waals surface area (Å²) in [4.78, 5) is 50.0. The molecule has 18 heteroatoms. The Morgan fingerprint density at radius 1 is 0.420 bits per heavy atom. The van der Waals surface area contributed by atoms with Crippen LogP contribution in [0.15, 0.2) is 49.1 Å². The quantitative estimate of drug-likeness (QED) is 0.0367. The van der Waals surface area contributed by atoms with E-state index in [0.29, 0.717) is 13.2 Å². The Hall–Kier alpha value is -3.88. The molecule has 0 atom stereocenters. The van der Waals surface area contributed by atoms with Gasteiger partial charge in [-0.05, 0) is 0 Å². The standard InChI is InChI=1S/C32H52N2O16/c1-41-15-17-43-22-26-48-30(38)4-9-34(12-14-36)10-6-32(40)50-28-24-46-21-19-44-18-20-45-23-27-49-31(39)5-8-33(11-13-35)7-3-29(37)47-25-16-42-2/h3-10,35-36H,11-28H2,1-2H3/b7-3+,8-5+,9-4+,10-6+. The Kier molecular flexibility index (Phi) is 32.3. The zero-order valence-electron chi connectivity index (χ0n) is 28.9. The van der Waals surface area contributed by atoms with Crippen molar-refractivity contribution in [1.82, 2.24) is 9.80 Å². The fraction of sp³-hybridized carbons (Fsp3) is 0.625. The van der Waals surface area contributed by atoms with Gasteiger partial charge in [0.15, 0.2) is 0 Å². The van der Waals surface area contributed by atoms with E-state index in [1.54, 1.807) is 7.11 Å². The number of rotatable bonds is 33. The maximum absolute atomic E-state index is 11.9. The van der Waals surface area contributed by atoms with Crippen LogP contribution in [-0.4, -0.2) is 177 Å². The van der Waals surface area contributed by atoms with Gasteiger partial charge < -0.3 is 67.4 Å². The number of nitrogens with zero attached hydrogens (tertiary/aromatic N) is 2. The van der Waals surface area contributed by atoms with Crippen LogP contribution in [0.2, 0.25) is 0 Å². The van der Waals surface area contributed by atoms with Crippen molar-refractivity contribution in [2.45, 2.75) is 0 Å². The Labute approximate surface area is 292 Å². The van der Waals surface area contributed by atoms with E-state index in [1.165, 1.54) is 41.7 Å². The summed E-state index contributed by atoms with van der Waals surface area (Å²) >= 11 is 0. The highest BCUT2D eigenvalue weighted by Crippen LogP contribution is 1.97. The fourth-order valence-corrected chi connectivity index (χ4v) is 3.06. The summed E-state index contributed by atoms with van der Waals surface area (Å²) in [5.41, 5.74) is 0. The normalized spacial score (nSPS) is 11.5. The van der Waals surface area contributed by atoms with Gasteiger partial charge in [0.1, 0.15) is 26.4 Å². The molecule has 0 heterocycles. The third-order valence-electron chi connectivity index (χ3n) is 5.45. The lowest BCUT2D eigenvalue weighted by Crippen LogP contribution is -2.17. The third-order valence-corrected chi connectivity index (χ3v) is 5.45. The molecule has 0 aliphatic carbocycles. The lowest BCUT2D eigenvalue weighted by molar-refractivity contribution is -0.140. The fourth-order valence-electron chi connectivity index (χ4n) is 3.06. The number of aliphatic hydroxyl groups is 2. The van der Waals surface area contributed by atoms with Crippen LogP contribution >= 0.6 is 0 Å². The van der Waals surface area contributed by atoms with Crippen molar-refractivity contribution in [2.24, 2.45) is 0 Å². The van der Waals surface area contributed by atoms with Crippen molar-refractivity contribution in [3.8, 4) is 0 Å². The van der Waals surface area contributed by atoms with Crippen molar-refractivity contribution in [3.63, 3.8) is 0 Å². The van der Waals surface area contributed by atoms with Crippen LogP contribution in [0.1, 0.15) is 0 Å². The number of ether oxygens (including phenoxy) is 10. The van der Waals surface area contributed by atoms with E-state index in [-0.39, 0.29) is 106 Å². The van der Waals surface area contributed by atoms with E-state index in [9.17, 15) is 24.3 Å². The number of methoxy groups -OCH3 is 2.